The van der Waals surface area contributed by atoms with Gasteiger partial charge in [0.25, 0.3) is 0 Å². The Kier molecular flexibility index (Phi) is 6.80. The quantitative estimate of drug-likeness (QED) is 0.651. The van der Waals surface area contributed by atoms with Crippen LogP contribution in [0.3, 0.4) is 0 Å². The fourth-order valence-corrected chi connectivity index (χ4v) is 2.40. The van der Waals surface area contributed by atoms with E-state index in [-0.39, 0.29) is 17.7 Å². The van der Waals surface area contributed by atoms with Gasteiger partial charge in [0.05, 0.1) is 12.0 Å². The molecular weight excluding hydrogens is 246 g/mol. The zero-order chi connectivity index (χ0) is 14.3. The van der Waals surface area contributed by atoms with E-state index < -0.39 is 6.04 Å². The van der Waals surface area contributed by atoms with Crippen molar-refractivity contribution in [2.24, 2.45) is 11.7 Å². The number of nitrogens with two attached hydrogens (primary N) is 1. The summed E-state index contributed by atoms with van der Waals surface area (Å²) in [5, 5.41) is 2.64. The summed E-state index contributed by atoms with van der Waals surface area (Å²) in [5.41, 5.74) is 5.90. The smallest absolute Gasteiger partial charge is 0.239 e. The van der Waals surface area contributed by atoms with Crippen molar-refractivity contribution in [2.45, 2.75) is 31.7 Å². The van der Waals surface area contributed by atoms with Crippen LogP contribution in [0.5, 0.6) is 0 Å². The van der Waals surface area contributed by atoms with Gasteiger partial charge in [-0.25, -0.2) is 0 Å². The second-order valence-electron chi connectivity index (χ2n) is 4.98. The van der Waals surface area contributed by atoms with E-state index >= 15 is 0 Å². The van der Waals surface area contributed by atoms with Crippen LogP contribution in [0.4, 0.5) is 0 Å². The van der Waals surface area contributed by atoms with Crippen molar-refractivity contribution in [3.8, 4) is 0 Å². The average Bonchev–Trinajstić information content (AvgIpc) is 2.45. The predicted molar refractivity (Wildman–Crippen MR) is 72.5 cm³/mol. The van der Waals surface area contributed by atoms with Gasteiger partial charge in [-0.3, -0.25) is 9.59 Å². The summed E-state index contributed by atoms with van der Waals surface area (Å²) in [6, 6.07) is -0.487. The molecule has 0 radical (unpaired) electrons. The Morgan fingerprint density at radius 3 is 2.89 bits per heavy atom. The van der Waals surface area contributed by atoms with Gasteiger partial charge in [0.2, 0.25) is 11.8 Å². The summed E-state index contributed by atoms with van der Waals surface area (Å²) >= 11 is 0. The van der Waals surface area contributed by atoms with Crippen LogP contribution in [0.2, 0.25) is 0 Å². The lowest BCUT2D eigenvalue weighted by Gasteiger charge is -2.33. The molecule has 0 aromatic rings. The summed E-state index contributed by atoms with van der Waals surface area (Å²) in [6.07, 6.45) is 3.08. The third-order valence-electron chi connectivity index (χ3n) is 3.53. The van der Waals surface area contributed by atoms with Gasteiger partial charge in [-0.2, -0.15) is 0 Å². The second-order valence-corrected chi connectivity index (χ2v) is 4.98. The molecule has 1 saturated heterocycles. The van der Waals surface area contributed by atoms with E-state index in [1.165, 1.54) is 0 Å². The first-order valence-corrected chi connectivity index (χ1v) is 6.85. The molecule has 1 fully saturated rings. The third kappa shape index (κ3) is 4.80. The minimum atomic E-state index is -0.487. The highest BCUT2D eigenvalue weighted by Crippen LogP contribution is 2.17. The SMILES string of the molecule is CNC(=O)C1CCCN(C(=O)C(N)CCCOC)C1. The van der Waals surface area contributed by atoms with Crippen LogP contribution >= 0.6 is 0 Å². The molecule has 0 aromatic carbocycles. The van der Waals surface area contributed by atoms with Gasteiger partial charge in [-0.15, -0.1) is 0 Å². The number of hydrogen-bond acceptors (Lipinski definition) is 4. The van der Waals surface area contributed by atoms with Crippen molar-refractivity contribution >= 4 is 11.8 Å². The van der Waals surface area contributed by atoms with Crippen molar-refractivity contribution in [3.05, 3.63) is 0 Å². The Hall–Kier alpha value is -1.14. The molecule has 19 heavy (non-hydrogen) atoms. The summed E-state index contributed by atoms with van der Waals surface area (Å²) < 4.78 is 4.95. The predicted octanol–water partition coefficient (Wildman–Crippen LogP) is -0.275. The number of methoxy groups -OCH3 is 1. The number of nitrogens with one attached hydrogen (secondary N) is 1. The zero-order valence-corrected chi connectivity index (χ0v) is 11.9. The highest BCUT2D eigenvalue weighted by molar-refractivity contribution is 5.83. The van der Waals surface area contributed by atoms with Crippen LogP contribution in [0.15, 0.2) is 0 Å². The van der Waals surface area contributed by atoms with E-state index in [2.05, 4.69) is 5.32 Å². The van der Waals surface area contributed by atoms with Crippen molar-refractivity contribution in [3.63, 3.8) is 0 Å². The van der Waals surface area contributed by atoms with Crippen molar-refractivity contribution in [2.75, 3.05) is 33.9 Å². The Labute approximate surface area is 114 Å². The largest absolute Gasteiger partial charge is 0.385 e. The number of amides is 2. The number of hydrogen-bond donors (Lipinski definition) is 2. The van der Waals surface area contributed by atoms with Crippen LogP contribution in [0.25, 0.3) is 0 Å². The lowest BCUT2D eigenvalue weighted by Crippen LogP contribution is -2.50. The molecule has 1 heterocycles. The highest BCUT2D eigenvalue weighted by atomic mass is 16.5. The number of nitrogens with zero attached hydrogens (tertiary/aromatic N) is 1. The number of carbonyl (C=O) groups is 2. The number of carbonyl (C=O) groups excluding carboxylic acids is 2. The van der Waals surface area contributed by atoms with E-state index in [9.17, 15) is 9.59 Å². The summed E-state index contributed by atoms with van der Waals surface area (Å²) in [4.78, 5) is 25.5. The topological polar surface area (TPSA) is 84.7 Å². The summed E-state index contributed by atoms with van der Waals surface area (Å²) in [7, 11) is 3.26. The zero-order valence-electron chi connectivity index (χ0n) is 11.9. The van der Waals surface area contributed by atoms with Crippen LogP contribution < -0.4 is 11.1 Å². The molecule has 2 amide bonds. The van der Waals surface area contributed by atoms with Gasteiger partial charge in [0.1, 0.15) is 0 Å². The number of likely N-dealkylation sites (tertiary alicyclic amines) is 1. The first-order chi connectivity index (χ1) is 9.10. The molecule has 0 aromatic heterocycles. The molecule has 6 nitrogen and oxygen atoms in total. The van der Waals surface area contributed by atoms with E-state index in [1.54, 1.807) is 19.1 Å². The standard InChI is InChI=1S/C13H25N3O3/c1-15-12(17)10-5-3-7-16(9-10)13(18)11(14)6-4-8-19-2/h10-11H,3-9,14H2,1-2H3,(H,15,17). The van der Waals surface area contributed by atoms with Crippen molar-refractivity contribution in [1.29, 1.82) is 0 Å². The van der Waals surface area contributed by atoms with Gasteiger partial charge in [-0.1, -0.05) is 0 Å². The first-order valence-electron chi connectivity index (χ1n) is 6.85. The summed E-state index contributed by atoms with van der Waals surface area (Å²) in [6.45, 7) is 1.79. The average molecular weight is 271 g/mol. The lowest BCUT2D eigenvalue weighted by molar-refractivity contribution is -0.136. The van der Waals surface area contributed by atoms with Gasteiger partial charge in [-0.05, 0) is 25.7 Å². The molecule has 0 spiro atoms. The molecule has 1 rings (SSSR count). The van der Waals surface area contributed by atoms with Crippen LogP contribution in [0, 0.1) is 5.92 Å². The Balaban J connectivity index is 2.44. The van der Waals surface area contributed by atoms with Crippen LogP contribution in [0.1, 0.15) is 25.7 Å². The molecule has 2 unspecified atom stereocenters. The van der Waals surface area contributed by atoms with E-state index in [1.807, 2.05) is 0 Å². The van der Waals surface area contributed by atoms with E-state index in [4.69, 9.17) is 10.5 Å². The van der Waals surface area contributed by atoms with Crippen molar-refractivity contribution in [1.82, 2.24) is 10.2 Å². The Morgan fingerprint density at radius 1 is 1.53 bits per heavy atom. The maximum atomic E-state index is 12.2. The maximum Gasteiger partial charge on any atom is 0.239 e. The fraction of sp³-hybridized carbons (Fsp3) is 0.846. The number of ether oxygens (including phenoxy) is 1. The van der Waals surface area contributed by atoms with Gasteiger partial charge in [0.15, 0.2) is 0 Å². The van der Waals surface area contributed by atoms with Crippen molar-refractivity contribution < 1.29 is 14.3 Å². The fourth-order valence-electron chi connectivity index (χ4n) is 2.40. The minimum absolute atomic E-state index is 0.00505. The maximum absolute atomic E-state index is 12.2. The first kappa shape index (κ1) is 15.9. The molecule has 1 aliphatic rings. The van der Waals surface area contributed by atoms with E-state index in [0.29, 0.717) is 26.1 Å². The molecule has 1 aliphatic heterocycles. The molecule has 2 atom stereocenters. The number of piperidine rings is 1. The lowest BCUT2D eigenvalue weighted by atomic mass is 9.96. The van der Waals surface area contributed by atoms with Gasteiger partial charge < -0.3 is 20.7 Å². The molecule has 0 saturated carbocycles. The molecular formula is C13H25N3O3. The van der Waals surface area contributed by atoms with Gasteiger partial charge in [0, 0.05) is 33.9 Å². The summed E-state index contributed by atoms with van der Waals surface area (Å²) in [5.74, 6) is -0.149. The second kappa shape index (κ2) is 8.12. The molecule has 3 N–H and O–H groups in total. The molecule has 110 valence electrons. The van der Waals surface area contributed by atoms with Crippen LogP contribution in [-0.4, -0.2) is 56.6 Å². The molecule has 6 heteroatoms. The normalized spacial score (nSPS) is 21.0. The monoisotopic (exact) mass is 271 g/mol. The number of rotatable bonds is 6. The van der Waals surface area contributed by atoms with Crippen LogP contribution in [-0.2, 0) is 14.3 Å². The molecule has 0 bridgehead atoms. The Morgan fingerprint density at radius 2 is 2.26 bits per heavy atom. The minimum Gasteiger partial charge on any atom is -0.385 e. The molecule has 0 aliphatic carbocycles. The van der Waals surface area contributed by atoms with Gasteiger partial charge >= 0.3 is 0 Å². The van der Waals surface area contributed by atoms with E-state index in [0.717, 1.165) is 19.3 Å². The third-order valence-corrected chi connectivity index (χ3v) is 3.53. The highest BCUT2D eigenvalue weighted by Gasteiger charge is 2.29. The Bertz CT molecular complexity index is 310.